The third-order valence-corrected chi connectivity index (χ3v) is 6.42. The maximum absolute atomic E-state index is 12.4. The predicted molar refractivity (Wildman–Crippen MR) is 111 cm³/mol. The molecule has 1 aliphatic carbocycles. The van der Waals surface area contributed by atoms with Gasteiger partial charge in [0.25, 0.3) is 5.91 Å². The molecule has 1 aliphatic rings. The number of benzene rings is 1. The van der Waals surface area contributed by atoms with Crippen molar-refractivity contribution in [2.75, 3.05) is 19.0 Å². The molecule has 5 nitrogen and oxygen atoms in total. The number of nitrogens with one attached hydrogen (secondary N) is 1. The zero-order valence-corrected chi connectivity index (χ0v) is 18.3. The first-order valence-corrected chi connectivity index (χ1v) is 10.6. The van der Waals surface area contributed by atoms with Crippen LogP contribution in [0.4, 0.5) is 5.00 Å². The van der Waals surface area contributed by atoms with Crippen molar-refractivity contribution in [2.45, 2.75) is 25.7 Å². The molecular weight excluding hydrogens is 477 g/mol. The smallest absolute Gasteiger partial charge is 0.341 e. The van der Waals surface area contributed by atoms with Crippen molar-refractivity contribution in [1.29, 1.82) is 0 Å². The Balaban J connectivity index is 1.75. The van der Waals surface area contributed by atoms with E-state index in [-0.39, 0.29) is 6.61 Å². The van der Waals surface area contributed by atoms with Gasteiger partial charge in [0, 0.05) is 9.90 Å². The topological polar surface area (TPSA) is 64.6 Å². The number of hydrogen-bond donors (Lipinski definition) is 1. The number of hydrogen-bond acceptors (Lipinski definition) is 5. The van der Waals surface area contributed by atoms with Gasteiger partial charge in [0.15, 0.2) is 12.4 Å². The van der Waals surface area contributed by atoms with Crippen LogP contribution >= 0.6 is 50.5 Å². The molecular formula is C18H16BrCl2NO4S. The van der Waals surface area contributed by atoms with E-state index in [1.165, 1.54) is 24.5 Å². The summed E-state index contributed by atoms with van der Waals surface area (Å²) in [5, 5.41) is 4.03. The Hall–Kier alpha value is -1.28. The van der Waals surface area contributed by atoms with Crippen LogP contribution in [0.1, 0.15) is 33.6 Å². The number of ether oxygens (including phenoxy) is 2. The molecule has 3 rings (SSSR count). The number of fused-ring (bicyclic) bond motifs is 1. The van der Waals surface area contributed by atoms with E-state index in [0.29, 0.717) is 30.8 Å². The van der Waals surface area contributed by atoms with Gasteiger partial charge in [-0.05, 0) is 59.3 Å². The highest BCUT2D eigenvalue weighted by molar-refractivity contribution is 9.10. The van der Waals surface area contributed by atoms with Crippen molar-refractivity contribution in [3.05, 3.63) is 42.7 Å². The van der Waals surface area contributed by atoms with Crippen molar-refractivity contribution in [1.82, 2.24) is 0 Å². The Bertz CT molecular complexity index is 877. The number of aryl methyl sites for hydroxylation is 1. The highest BCUT2D eigenvalue weighted by Crippen LogP contribution is 2.39. The molecule has 144 valence electrons. The van der Waals surface area contributed by atoms with Crippen molar-refractivity contribution < 1.29 is 19.1 Å². The summed E-state index contributed by atoms with van der Waals surface area (Å²) in [6.45, 7) is -0.261. The normalized spacial score (nSPS) is 13.0. The zero-order chi connectivity index (χ0) is 19.6. The van der Waals surface area contributed by atoms with Gasteiger partial charge in [0.2, 0.25) is 0 Å². The lowest BCUT2D eigenvalue weighted by Crippen LogP contribution is -2.21. The Labute approximate surface area is 179 Å². The number of esters is 1. The summed E-state index contributed by atoms with van der Waals surface area (Å²) in [6, 6.07) is 3.16. The minimum Gasteiger partial charge on any atom is -0.481 e. The van der Waals surface area contributed by atoms with Crippen LogP contribution in [0.15, 0.2) is 16.6 Å². The molecule has 0 atom stereocenters. The van der Waals surface area contributed by atoms with Crippen LogP contribution in [0.5, 0.6) is 5.75 Å². The highest BCUT2D eigenvalue weighted by Gasteiger charge is 2.27. The maximum atomic E-state index is 12.4. The van der Waals surface area contributed by atoms with E-state index < -0.39 is 11.9 Å². The van der Waals surface area contributed by atoms with Gasteiger partial charge in [-0.1, -0.05) is 23.2 Å². The molecule has 1 amide bonds. The van der Waals surface area contributed by atoms with Crippen LogP contribution in [-0.2, 0) is 22.4 Å². The third kappa shape index (κ3) is 4.59. The van der Waals surface area contributed by atoms with Crippen molar-refractivity contribution in [3.63, 3.8) is 0 Å². The second-order valence-corrected chi connectivity index (χ2v) is 8.75. The zero-order valence-electron chi connectivity index (χ0n) is 14.4. The summed E-state index contributed by atoms with van der Waals surface area (Å²) in [7, 11) is 1.34. The summed E-state index contributed by atoms with van der Waals surface area (Å²) in [5.41, 5.74) is 1.44. The molecule has 0 bridgehead atoms. The van der Waals surface area contributed by atoms with Crippen LogP contribution in [-0.4, -0.2) is 25.6 Å². The van der Waals surface area contributed by atoms with Crippen LogP contribution in [0.2, 0.25) is 10.0 Å². The van der Waals surface area contributed by atoms with E-state index in [9.17, 15) is 9.59 Å². The van der Waals surface area contributed by atoms with E-state index in [1.807, 2.05) is 0 Å². The molecule has 1 aromatic carbocycles. The van der Waals surface area contributed by atoms with Crippen molar-refractivity contribution in [3.8, 4) is 5.75 Å². The molecule has 0 aliphatic heterocycles. The van der Waals surface area contributed by atoms with Crippen molar-refractivity contribution in [2.24, 2.45) is 0 Å². The number of thiophene rings is 1. The van der Waals surface area contributed by atoms with E-state index >= 15 is 0 Å². The van der Waals surface area contributed by atoms with Gasteiger partial charge in [-0.2, -0.15) is 0 Å². The second kappa shape index (κ2) is 8.82. The van der Waals surface area contributed by atoms with Gasteiger partial charge in [0.05, 0.1) is 22.2 Å². The number of amides is 1. The second-order valence-electron chi connectivity index (χ2n) is 5.94. The summed E-state index contributed by atoms with van der Waals surface area (Å²) in [5.74, 6) is -0.499. The summed E-state index contributed by atoms with van der Waals surface area (Å²) < 4.78 is 11.0. The van der Waals surface area contributed by atoms with Gasteiger partial charge in [-0.3, -0.25) is 4.79 Å². The lowest BCUT2D eigenvalue weighted by molar-refractivity contribution is -0.118. The van der Waals surface area contributed by atoms with Gasteiger partial charge < -0.3 is 14.8 Å². The van der Waals surface area contributed by atoms with Gasteiger partial charge in [0.1, 0.15) is 5.00 Å². The van der Waals surface area contributed by atoms with E-state index in [2.05, 4.69) is 21.2 Å². The Morgan fingerprint density at radius 1 is 1.26 bits per heavy atom. The van der Waals surface area contributed by atoms with Crippen LogP contribution in [0.3, 0.4) is 0 Å². The molecule has 0 radical (unpaired) electrons. The number of carbonyl (C=O) groups is 2. The molecule has 1 N–H and O–H groups in total. The van der Waals surface area contributed by atoms with E-state index in [4.69, 9.17) is 32.7 Å². The fourth-order valence-corrected chi connectivity index (χ4v) is 5.60. The standard InChI is InChI=1S/C18H16BrCl2NO4S/c1-25-18(24)15-10-4-2-3-5-13(10)27-17(15)22-14(23)8-26-16-11(19)6-9(20)7-12(16)21/h6-7H,2-5,8H2,1H3,(H,22,23). The van der Waals surface area contributed by atoms with E-state index in [0.717, 1.165) is 36.1 Å². The molecule has 0 saturated heterocycles. The average Bonchev–Trinajstić information content (AvgIpc) is 2.97. The minimum atomic E-state index is -0.436. The molecule has 9 heteroatoms. The van der Waals surface area contributed by atoms with Gasteiger partial charge >= 0.3 is 5.97 Å². The lowest BCUT2D eigenvalue weighted by Gasteiger charge is -2.12. The van der Waals surface area contributed by atoms with Crippen LogP contribution in [0, 0.1) is 0 Å². The number of rotatable bonds is 5. The maximum Gasteiger partial charge on any atom is 0.341 e. The van der Waals surface area contributed by atoms with Crippen molar-refractivity contribution >= 4 is 67.3 Å². The lowest BCUT2D eigenvalue weighted by atomic mass is 9.95. The summed E-state index contributed by atoms with van der Waals surface area (Å²) in [4.78, 5) is 25.7. The largest absolute Gasteiger partial charge is 0.481 e. The fourth-order valence-electron chi connectivity index (χ4n) is 2.94. The molecule has 0 fully saturated rings. The molecule has 0 saturated carbocycles. The molecule has 1 aromatic heterocycles. The molecule has 2 aromatic rings. The predicted octanol–water partition coefficient (Wildman–Crippen LogP) is 5.50. The third-order valence-electron chi connectivity index (χ3n) is 4.12. The molecule has 1 heterocycles. The van der Waals surface area contributed by atoms with Gasteiger partial charge in [-0.25, -0.2) is 4.79 Å². The number of halogens is 3. The molecule has 0 spiro atoms. The Morgan fingerprint density at radius 2 is 2.00 bits per heavy atom. The first-order valence-electron chi connectivity index (χ1n) is 8.20. The van der Waals surface area contributed by atoms with Gasteiger partial charge in [-0.15, -0.1) is 11.3 Å². The summed E-state index contributed by atoms with van der Waals surface area (Å²) in [6.07, 6.45) is 3.82. The molecule has 27 heavy (non-hydrogen) atoms. The highest BCUT2D eigenvalue weighted by atomic mass is 79.9. The van der Waals surface area contributed by atoms with E-state index in [1.54, 1.807) is 6.07 Å². The Morgan fingerprint density at radius 3 is 2.70 bits per heavy atom. The Kier molecular flexibility index (Phi) is 6.68. The quantitative estimate of drug-likeness (QED) is 0.559. The van der Waals surface area contributed by atoms with Crippen LogP contribution in [0.25, 0.3) is 0 Å². The first-order chi connectivity index (χ1) is 12.9. The fraction of sp³-hybridized carbons (Fsp3) is 0.333. The minimum absolute atomic E-state index is 0.261. The summed E-state index contributed by atoms with van der Waals surface area (Å²) >= 11 is 16.7. The molecule has 0 unspecified atom stereocenters. The first kappa shape index (κ1) is 20.5. The number of carbonyl (C=O) groups excluding carboxylic acids is 2. The van der Waals surface area contributed by atoms with Crippen LogP contribution < -0.4 is 10.1 Å². The number of anilines is 1. The average molecular weight is 493 g/mol. The number of methoxy groups -OCH3 is 1. The SMILES string of the molecule is COC(=O)c1c(NC(=O)COc2c(Cl)cc(Cl)cc2Br)sc2c1CCCC2. The monoisotopic (exact) mass is 491 g/mol.